The minimum Gasteiger partial charge on any atom is -0.308 e. The molecule has 0 bridgehead atoms. The summed E-state index contributed by atoms with van der Waals surface area (Å²) in [6, 6.07) is 7.71. The Morgan fingerprint density at radius 2 is 2.08 bits per heavy atom. The molecule has 0 saturated heterocycles. The van der Waals surface area contributed by atoms with Crippen LogP contribution in [0.15, 0.2) is 24.3 Å². The Bertz CT molecular complexity index is 337. The standard InChI is InChI=1S/C10H10BrNO/c11-12-7-3-6-10(13)8-4-1-2-5-9(8)12/h1-2,4-5H,3,6-7H2. The third-order valence-electron chi connectivity index (χ3n) is 2.22. The molecule has 2 nitrogen and oxygen atoms in total. The van der Waals surface area contributed by atoms with Gasteiger partial charge in [-0.3, -0.25) is 4.79 Å². The number of para-hydroxylation sites is 1. The summed E-state index contributed by atoms with van der Waals surface area (Å²) in [6.07, 6.45) is 1.57. The van der Waals surface area contributed by atoms with Gasteiger partial charge in [-0.2, -0.15) is 0 Å². The Labute approximate surface area is 85.9 Å². The van der Waals surface area contributed by atoms with E-state index < -0.39 is 0 Å². The first-order valence-electron chi connectivity index (χ1n) is 4.34. The number of benzene rings is 1. The minimum atomic E-state index is 0.248. The highest BCUT2D eigenvalue weighted by Gasteiger charge is 2.18. The van der Waals surface area contributed by atoms with E-state index in [2.05, 4.69) is 16.1 Å². The van der Waals surface area contributed by atoms with Gasteiger partial charge in [0, 0.05) is 34.7 Å². The fourth-order valence-corrected chi connectivity index (χ4v) is 2.11. The molecule has 0 spiro atoms. The molecule has 1 heterocycles. The van der Waals surface area contributed by atoms with Crippen LogP contribution in [0.2, 0.25) is 0 Å². The van der Waals surface area contributed by atoms with Crippen molar-refractivity contribution >= 4 is 27.6 Å². The third kappa shape index (κ3) is 1.61. The number of halogens is 1. The van der Waals surface area contributed by atoms with Crippen LogP contribution in [0, 0.1) is 0 Å². The van der Waals surface area contributed by atoms with Gasteiger partial charge in [0.1, 0.15) is 0 Å². The summed E-state index contributed by atoms with van der Waals surface area (Å²) in [5.41, 5.74) is 1.82. The van der Waals surface area contributed by atoms with E-state index in [1.54, 1.807) is 0 Å². The number of carbonyl (C=O) groups excluding carboxylic acids is 1. The fraction of sp³-hybridized carbons (Fsp3) is 0.300. The average Bonchev–Trinajstić information content (AvgIpc) is 2.29. The third-order valence-corrected chi connectivity index (χ3v) is 2.96. The first kappa shape index (κ1) is 8.75. The lowest BCUT2D eigenvalue weighted by Gasteiger charge is -2.14. The molecule has 0 N–H and O–H groups in total. The average molecular weight is 240 g/mol. The summed E-state index contributed by atoms with van der Waals surface area (Å²) in [6.45, 7) is 0.892. The van der Waals surface area contributed by atoms with E-state index in [4.69, 9.17) is 0 Å². The van der Waals surface area contributed by atoms with Crippen molar-refractivity contribution in [3.63, 3.8) is 0 Å². The van der Waals surface area contributed by atoms with Crippen molar-refractivity contribution in [1.82, 2.24) is 0 Å². The van der Waals surface area contributed by atoms with Crippen molar-refractivity contribution in [2.45, 2.75) is 12.8 Å². The molecular weight excluding hydrogens is 230 g/mol. The number of hydrogen-bond acceptors (Lipinski definition) is 2. The van der Waals surface area contributed by atoms with Crippen LogP contribution in [0.5, 0.6) is 0 Å². The molecule has 1 aliphatic rings. The SMILES string of the molecule is O=C1CCCN(Br)c2ccccc21. The minimum absolute atomic E-state index is 0.248. The Morgan fingerprint density at radius 3 is 2.92 bits per heavy atom. The van der Waals surface area contributed by atoms with E-state index in [1.165, 1.54) is 0 Å². The van der Waals surface area contributed by atoms with E-state index in [-0.39, 0.29) is 5.78 Å². The number of Topliss-reactive ketones (excluding diaryl/α,β-unsaturated/α-hetero) is 1. The molecule has 1 aliphatic heterocycles. The smallest absolute Gasteiger partial charge is 0.165 e. The monoisotopic (exact) mass is 239 g/mol. The molecule has 2 rings (SSSR count). The van der Waals surface area contributed by atoms with Crippen LogP contribution in [0.25, 0.3) is 0 Å². The van der Waals surface area contributed by atoms with Crippen molar-refractivity contribution in [3.05, 3.63) is 29.8 Å². The molecule has 0 fully saturated rings. The molecule has 3 heteroatoms. The molecule has 1 aromatic carbocycles. The van der Waals surface area contributed by atoms with Gasteiger partial charge in [-0.25, -0.2) is 0 Å². The van der Waals surface area contributed by atoms with Crippen LogP contribution < -0.4 is 3.93 Å². The van der Waals surface area contributed by atoms with Gasteiger partial charge in [-0.15, -0.1) is 0 Å². The van der Waals surface area contributed by atoms with E-state index in [0.29, 0.717) is 6.42 Å². The van der Waals surface area contributed by atoms with Crippen LogP contribution >= 0.6 is 16.1 Å². The molecule has 68 valence electrons. The Kier molecular flexibility index (Phi) is 2.36. The maximum atomic E-state index is 11.6. The molecule has 0 unspecified atom stereocenters. The highest BCUT2D eigenvalue weighted by molar-refractivity contribution is 9.10. The Balaban J connectivity index is 2.51. The number of anilines is 1. The second kappa shape index (κ2) is 3.50. The topological polar surface area (TPSA) is 20.3 Å². The number of hydrogen-bond donors (Lipinski definition) is 0. The Morgan fingerprint density at radius 1 is 1.31 bits per heavy atom. The van der Waals surface area contributed by atoms with Crippen molar-refractivity contribution < 1.29 is 4.79 Å². The van der Waals surface area contributed by atoms with Gasteiger partial charge >= 0.3 is 0 Å². The zero-order chi connectivity index (χ0) is 9.26. The van der Waals surface area contributed by atoms with Gasteiger partial charge in [-0.1, -0.05) is 12.1 Å². The molecular formula is C10H10BrNO. The number of fused-ring (bicyclic) bond motifs is 1. The molecule has 0 saturated carbocycles. The van der Waals surface area contributed by atoms with E-state index in [0.717, 1.165) is 24.2 Å². The largest absolute Gasteiger partial charge is 0.308 e. The van der Waals surface area contributed by atoms with Crippen LogP contribution in [-0.4, -0.2) is 12.3 Å². The summed E-state index contributed by atoms with van der Waals surface area (Å²) in [5.74, 6) is 0.248. The number of rotatable bonds is 0. The highest BCUT2D eigenvalue weighted by Crippen LogP contribution is 2.27. The van der Waals surface area contributed by atoms with Crippen molar-refractivity contribution in [2.75, 3.05) is 10.5 Å². The zero-order valence-electron chi connectivity index (χ0n) is 7.16. The van der Waals surface area contributed by atoms with Gasteiger partial charge in [0.05, 0.1) is 5.69 Å². The summed E-state index contributed by atoms with van der Waals surface area (Å²) < 4.78 is 1.97. The van der Waals surface area contributed by atoms with Crippen LogP contribution in [0.3, 0.4) is 0 Å². The predicted molar refractivity (Wildman–Crippen MR) is 56.3 cm³/mol. The lowest BCUT2D eigenvalue weighted by atomic mass is 10.1. The summed E-state index contributed by atoms with van der Waals surface area (Å²) in [5, 5.41) is 0. The van der Waals surface area contributed by atoms with Gasteiger partial charge in [0.15, 0.2) is 5.78 Å². The first-order chi connectivity index (χ1) is 6.29. The van der Waals surface area contributed by atoms with Crippen LogP contribution in [0.4, 0.5) is 5.69 Å². The van der Waals surface area contributed by atoms with Gasteiger partial charge < -0.3 is 3.93 Å². The second-order valence-corrected chi connectivity index (χ2v) is 3.99. The molecule has 0 amide bonds. The van der Waals surface area contributed by atoms with Gasteiger partial charge in [0.2, 0.25) is 0 Å². The van der Waals surface area contributed by atoms with Crippen molar-refractivity contribution in [1.29, 1.82) is 0 Å². The second-order valence-electron chi connectivity index (χ2n) is 3.13. The van der Waals surface area contributed by atoms with Gasteiger partial charge in [-0.05, 0) is 18.6 Å². The predicted octanol–water partition coefficient (Wildman–Crippen LogP) is 2.78. The maximum Gasteiger partial charge on any atom is 0.165 e. The van der Waals surface area contributed by atoms with E-state index in [1.807, 2.05) is 28.2 Å². The molecule has 0 atom stereocenters. The van der Waals surface area contributed by atoms with E-state index >= 15 is 0 Å². The quantitative estimate of drug-likeness (QED) is 0.650. The summed E-state index contributed by atoms with van der Waals surface area (Å²) in [4.78, 5) is 11.6. The summed E-state index contributed by atoms with van der Waals surface area (Å²) >= 11 is 3.45. The number of carbonyl (C=O) groups is 1. The molecule has 1 aromatic rings. The maximum absolute atomic E-state index is 11.6. The van der Waals surface area contributed by atoms with Crippen molar-refractivity contribution in [3.8, 4) is 0 Å². The zero-order valence-corrected chi connectivity index (χ0v) is 8.75. The lowest BCUT2D eigenvalue weighted by Crippen LogP contribution is -2.09. The number of ketones is 1. The number of nitrogens with zero attached hydrogens (tertiary/aromatic N) is 1. The molecule has 0 aliphatic carbocycles. The van der Waals surface area contributed by atoms with Gasteiger partial charge in [0.25, 0.3) is 0 Å². The highest BCUT2D eigenvalue weighted by atomic mass is 79.9. The Hall–Kier alpha value is -0.830. The normalized spacial score (nSPS) is 16.7. The summed E-state index contributed by atoms with van der Waals surface area (Å²) in [7, 11) is 0. The van der Waals surface area contributed by atoms with Crippen LogP contribution in [-0.2, 0) is 0 Å². The lowest BCUT2D eigenvalue weighted by molar-refractivity contribution is 0.0984. The fourth-order valence-electron chi connectivity index (χ4n) is 1.55. The van der Waals surface area contributed by atoms with Crippen LogP contribution in [0.1, 0.15) is 23.2 Å². The van der Waals surface area contributed by atoms with E-state index in [9.17, 15) is 4.79 Å². The molecule has 0 radical (unpaired) electrons. The first-order valence-corrected chi connectivity index (χ1v) is 5.05. The van der Waals surface area contributed by atoms with Crippen molar-refractivity contribution in [2.24, 2.45) is 0 Å². The molecule has 0 aromatic heterocycles. The molecule has 13 heavy (non-hydrogen) atoms.